The van der Waals surface area contributed by atoms with Gasteiger partial charge in [0.05, 0.1) is 6.61 Å². The molecule has 1 heterocycles. The van der Waals surface area contributed by atoms with E-state index in [1.807, 2.05) is 36.4 Å². The van der Waals surface area contributed by atoms with Gasteiger partial charge in [-0.1, -0.05) is 74.0 Å². The smallest absolute Gasteiger partial charge is 0.426 e. The van der Waals surface area contributed by atoms with Crippen LogP contribution in [0.5, 0.6) is 0 Å². The van der Waals surface area contributed by atoms with Crippen LogP contribution in [0.15, 0.2) is 60.7 Å². The Morgan fingerprint density at radius 1 is 0.976 bits per heavy atom. The van der Waals surface area contributed by atoms with E-state index < -0.39 is 52.6 Å². The predicted molar refractivity (Wildman–Crippen MR) is 153 cm³/mol. The first-order valence-electron chi connectivity index (χ1n) is 13.5. The first kappa shape index (κ1) is 34.7. The summed E-state index contributed by atoms with van der Waals surface area (Å²) in [5.74, 6) is -1.30. The number of ether oxygens (including phenoxy) is 4. The van der Waals surface area contributed by atoms with Crippen LogP contribution in [-0.2, 0) is 56.2 Å². The van der Waals surface area contributed by atoms with Crippen LogP contribution in [0.3, 0.4) is 0 Å². The number of esters is 2. The normalized spacial score (nSPS) is 16.5. The number of benzene rings is 2. The summed E-state index contributed by atoms with van der Waals surface area (Å²) in [4.78, 5) is 35.8. The van der Waals surface area contributed by atoms with E-state index in [0.717, 1.165) is 24.0 Å². The summed E-state index contributed by atoms with van der Waals surface area (Å²) in [6.45, 7) is 7.38. The zero-order chi connectivity index (χ0) is 31.2. The maximum absolute atomic E-state index is 12.2. The molecule has 0 spiro atoms. The Hall–Kier alpha value is -3.52. The molecule has 2 aromatic rings. The highest BCUT2D eigenvalue weighted by atomic mass is 32.2. The van der Waals surface area contributed by atoms with Gasteiger partial charge in [0.15, 0.2) is 6.04 Å². The third kappa shape index (κ3) is 12.1. The first-order valence-corrected chi connectivity index (χ1v) is 14.9. The molecule has 0 radical (unpaired) electrons. The van der Waals surface area contributed by atoms with Crippen LogP contribution in [0.1, 0.15) is 51.7 Å². The molecule has 12 nitrogen and oxygen atoms in total. The second kappa shape index (κ2) is 16.8. The monoisotopic (exact) mass is 608 g/mol. The Balaban J connectivity index is 0.000000307. The van der Waals surface area contributed by atoms with Gasteiger partial charge in [0, 0.05) is 6.61 Å². The van der Waals surface area contributed by atoms with Crippen molar-refractivity contribution < 1.29 is 45.9 Å². The van der Waals surface area contributed by atoms with Gasteiger partial charge >= 0.3 is 28.3 Å². The van der Waals surface area contributed by atoms with Gasteiger partial charge in [0.2, 0.25) is 0 Å². The van der Waals surface area contributed by atoms with E-state index in [-0.39, 0.29) is 24.1 Å². The molecule has 232 valence electrons. The zero-order valence-corrected chi connectivity index (χ0v) is 25.2. The quantitative estimate of drug-likeness (QED) is 0.226. The fourth-order valence-electron chi connectivity index (χ4n) is 3.31. The molecular formula is C29H40N2O10S. The van der Waals surface area contributed by atoms with E-state index in [4.69, 9.17) is 24.7 Å². The minimum absolute atomic E-state index is 0.0433. The van der Waals surface area contributed by atoms with Gasteiger partial charge in [-0.15, -0.1) is 0 Å². The summed E-state index contributed by atoms with van der Waals surface area (Å²) in [5.41, 5.74) is 6.42. The van der Waals surface area contributed by atoms with E-state index in [1.165, 1.54) is 0 Å². The van der Waals surface area contributed by atoms with Gasteiger partial charge in [-0.05, 0) is 38.3 Å². The minimum atomic E-state index is -4.38. The van der Waals surface area contributed by atoms with Crippen molar-refractivity contribution in [3.05, 3.63) is 71.8 Å². The Morgan fingerprint density at radius 2 is 1.52 bits per heavy atom. The molecule has 0 saturated carbocycles. The number of nitrogens with two attached hydrogens (primary N) is 1. The number of rotatable bonds is 11. The van der Waals surface area contributed by atoms with Crippen LogP contribution in [-0.4, -0.2) is 68.3 Å². The third-order valence-corrected chi connectivity index (χ3v) is 6.75. The van der Waals surface area contributed by atoms with Crippen LogP contribution in [0.4, 0.5) is 4.79 Å². The number of unbranched alkanes of at least 4 members (excludes halogenated alkanes) is 1. The number of hydrogen-bond donors (Lipinski definition) is 1. The Labute approximate surface area is 247 Å². The Kier molecular flexibility index (Phi) is 13.9. The lowest BCUT2D eigenvalue weighted by molar-refractivity contribution is -0.149. The zero-order valence-electron chi connectivity index (χ0n) is 24.4. The number of carbonyl (C=O) groups excluding carboxylic acids is 3. The van der Waals surface area contributed by atoms with Crippen molar-refractivity contribution in [2.75, 3.05) is 19.8 Å². The molecule has 0 aromatic heterocycles. The van der Waals surface area contributed by atoms with Gasteiger partial charge in [-0.25, -0.2) is 9.59 Å². The molecule has 0 bridgehead atoms. The van der Waals surface area contributed by atoms with Crippen molar-refractivity contribution in [3.8, 4) is 0 Å². The lowest BCUT2D eigenvalue weighted by atomic mass is 10.2. The van der Waals surface area contributed by atoms with Crippen molar-refractivity contribution >= 4 is 28.3 Å². The van der Waals surface area contributed by atoms with Gasteiger partial charge in [-0.3, -0.25) is 8.98 Å². The number of amides is 1. The van der Waals surface area contributed by atoms with E-state index in [1.54, 1.807) is 45.0 Å². The number of carbonyl (C=O) groups is 3. The first-order chi connectivity index (χ1) is 19.8. The molecule has 1 saturated heterocycles. The van der Waals surface area contributed by atoms with Crippen LogP contribution in [0.2, 0.25) is 0 Å². The maximum Gasteiger partial charge on any atom is 0.426 e. The Bertz CT molecular complexity index is 1230. The molecule has 1 fully saturated rings. The molecule has 1 aliphatic heterocycles. The maximum atomic E-state index is 12.2. The van der Waals surface area contributed by atoms with Crippen molar-refractivity contribution in [1.82, 2.24) is 4.31 Å². The van der Waals surface area contributed by atoms with Gasteiger partial charge in [0.25, 0.3) is 0 Å². The summed E-state index contributed by atoms with van der Waals surface area (Å²) >= 11 is 0. The SMILES string of the molecule is CC(C)(C)OC(=O)N1[C@H](C(=O)OCc2ccccc2)COS1(=O)=O.CCCCOC[C@H](N)C(=O)OCc1ccccc1. The summed E-state index contributed by atoms with van der Waals surface area (Å²) in [7, 11) is -4.38. The topological polar surface area (TPSA) is 161 Å². The minimum Gasteiger partial charge on any atom is -0.460 e. The summed E-state index contributed by atoms with van der Waals surface area (Å²) in [6, 6.07) is 16.3. The highest BCUT2D eigenvalue weighted by Gasteiger charge is 2.49. The van der Waals surface area contributed by atoms with E-state index in [9.17, 15) is 22.8 Å². The highest BCUT2D eigenvalue weighted by Crippen LogP contribution is 2.23. The summed E-state index contributed by atoms with van der Waals surface area (Å²) < 4.78 is 49.1. The molecule has 1 aliphatic rings. The second-order valence-corrected chi connectivity index (χ2v) is 11.7. The molecule has 0 aliphatic carbocycles. The lowest BCUT2D eigenvalue weighted by Crippen LogP contribution is -2.46. The molecule has 0 unspecified atom stereocenters. The van der Waals surface area contributed by atoms with E-state index >= 15 is 0 Å². The third-order valence-electron chi connectivity index (χ3n) is 5.43. The van der Waals surface area contributed by atoms with Gasteiger partial charge in [0.1, 0.15) is 31.5 Å². The Morgan fingerprint density at radius 3 is 2.05 bits per heavy atom. The van der Waals surface area contributed by atoms with Crippen molar-refractivity contribution in [2.45, 2.75) is 71.4 Å². The lowest BCUT2D eigenvalue weighted by Gasteiger charge is -2.25. The summed E-state index contributed by atoms with van der Waals surface area (Å²) in [5, 5.41) is 0. The van der Waals surface area contributed by atoms with Crippen LogP contribution >= 0.6 is 0 Å². The van der Waals surface area contributed by atoms with Crippen molar-refractivity contribution in [2.24, 2.45) is 5.73 Å². The molecule has 2 atom stereocenters. The van der Waals surface area contributed by atoms with E-state index in [0.29, 0.717) is 6.61 Å². The molecular weight excluding hydrogens is 568 g/mol. The second-order valence-electron chi connectivity index (χ2n) is 10.3. The highest BCUT2D eigenvalue weighted by molar-refractivity contribution is 7.85. The average Bonchev–Trinajstić information content (AvgIpc) is 3.28. The van der Waals surface area contributed by atoms with Crippen LogP contribution < -0.4 is 5.73 Å². The van der Waals surface area contributed by atoms with Crippen LogP contribution in [0.25, 0.3) is 0 Å². The number of hydrogen-bond acceptors (Lipinski definition) is 11. The number of nitrogens with zero attached hydrogens (tertiary/aromatic N) is 1. The molecule has 42 heavy (non-hydrogen) atoms. The molecule has 13 heteroatoms. The van der Waals surface area contributed by atoms with Gasteiger partial charge < -0.3 is 24.7 Å². The van der Waals surface area contributed by atoms with Gasteiger partial charge in [-0.2, -0.15) is 12.7 Å². The molecule has 2 N–H and O–H groups in total. The van der Waals surface area contributed by atoms with Crippen molar-refractivity contribution in [1.29, 1.82) is 0 Å². The standard InChI is InChI=1S/C15H19NO7S.C14H21NO3/c1-15(2,3)23-14(18)16-12(10-22-24(16,19)20)13(17)21-9-11-7-5-4-6-8-11;1-2-3-9-17-11-13(15)14(16)18-10-12-7-5-4-6-8-12/h4-8,12H,9-10H2,1-3H3;4-8,13H,2-3,9-11,15H2,1H3/t12-;13-/m00/s1. The molecule has 3 rings (SSSR count). The summed E-state index contributed by atoms with van der Waals surface area (Å²) in [6.07, 6.45) is 0.862. The largest absolute Gasteiger partial charge is 0.460 e. The van der Waals surface area contributed by atoms with E-state index in [2.05, 4.69) is 11.1 Å². The van der Waals surface area contributed by atoms with Crippen LogP contribution in [0, 0.1) is 0 Å². The average molecular weight is 609 g/mol. The fraction of sp³-hybridized carbons (Fsp3) is 0.483. The molecule has 2 aromatic carbocycles. The molecule has 1 amide bonds. The van der Waals surface area contributed by atoms with Crippen molar-refractivity contribution in [3.63, 3.8) is 0 Å². The predicted octanol–water partition coefficient (Wildman–Crippen LogP) is 3.48. The fourth-order valence-corrected chi connectivity index (χ4v) is 4.40.